The SMILES string of the molecule is Cc1cccc(OCCNC(=O)COC(=O)c2ccc3c(c2)CC(C)N3S(C)(=O)=O)c1. The van der Waals surface area contributed by atoms with Crippen molar-refractivity contribution in [3.63, 3.8) is 0 Å². The summed E-state index contributed by atoms with van der Waals surface area (Å²) in [4.78, 5) is 24.2. The van der Waals surface area contributed by atoms with Gasteiger partial charge in [-0.15, -0.1) is 0 Å². The fourth-order valence-electron chi connectivity index (χ4n) is 3.57. The van der Waals surface area contributed by atoms with Gasteiger partial charge in [0.15, 0.2) is 6.61 Å². The molecule has 0 aliphatic carbocycles. The van der Waals surface area contributed by atoms with E-state index in [0.29, 0.717) is 18.7 Å². The molecule has 1 amide bonds. The number of nitrogens with one attached hydrogen (secondary N) is 1. The zero-order valence-corrected chi connectivity index (χ0v) is 18.6. The van der Waals surface area contributed by atoms with Gasteiger partial charge in [0.1, 0.15) is 12.4 Å². The summed E-state index contributed by atoms with van der Waals surface area (Å²) in [7, 11) is -3.40. The van der Waals surface area contributed by atoms with Crippen molar-refractivity contribution in [2.75, 3.05) is 30.3 Å². The Labute approximate surface area is 182 Å². The van der Waals surface area contributed by atoms with Crippen molar-refractivity contribution in [1.82, 2.24) is 5.32 Å². The van der Waals surface area contributed by atoms with Crippen LogP contribution in [0.4, 0.5) is 5.69 Å². The highest BCUT2D eigenvalue weighted by atomic mass is 32.2. The molecule has 0 fully saturated rings. The van der Waals surface area contributed by atoms with Crippen molar-refractivity contribution in [3.8, 4) is 5.75 Å². The van der Waals surface area contributed by atoms with Crippen LogP contribution in [0.15, 0.2) is 42.5 Å². The standard InChI is InChI=1S/C22H26N2O6S/c1-15-5-4-6-19(11-15)29-10-9-23-21(25)14-30-22(26)17-7-8-20-18(13-17)12-16(2)24(20)31(3,27)28/h4-8,11,13,16H,9-10,12,14H2,1-3H3,(H,23,25). The molecular weight excluding hydrogens is 420 g/mol. The van der Waals surface area contributed by atoms with E-state index in [0.717, 1.165) is 23.1 Å². The lowest BCUT2D eigenvalue weighted by Gasteiger charge is -2.21. The van der Waals surface area contributed by atoms with Crippen LogP contribution in [0.5, 0.6) is 5.75 Å². The molecule has 166 valence electrons. The second-order valence-electron chi connectivity index (χ2n) is 7.55. The lowest BCUT2D eigenvalue weighted by Crippen LogP contribution is -2.34. The summed E-state index contributed by atoms with van der Waals surface area (Å²) in [6, 6.07) is 12.1. The molecule has 0 saturated heterocycles. The summed E-state index contributed by atoms with van der Waals surface area (Å²) in [5, 5.41) is 2.63. The quantitative estimate of drug-likeness (QED) is 0.492. The lowest BCUT2D eigenvalue weighted by molar-refractivity contribution is -0.124. The molecule has 1 atom stereocenters. The number of fused-ring (bicyclic) bond motifs is 1. The van der Waals surface area contributed by atoms with Crippen molar-refractivity contribution in [2.45, 2.75) is 26.3 Å². The van der Waals surface area contributed by atoms with E-state index in [-0.39, 0.29) is 18.2 Å². The fraction of sp³-hybridized carbons (Fsp3) is 0.364. The van der Waals surface area contributed by atoms with E-state index in [1.165, 1.54) is 10.4 Å². The first kappa shape index (κ1) is 22.6. The number of esters is 1. The van der Waals surface area contributed by atoms with Crippen LogP contribution in [-0.4, -0.2) is 52.4 Å². The minimum Gasteiger partial charge on any atom is -0.492 e. The highest BCUT2D eigenvalue weighted by molar-refractivity contribution is 7.92. The Bertz CT molecular complexity index is 1080. The van der Waals surface area contributed by atoms with Gasteiger partial charge in [-0.25, -0.2) is 13.2 Å². The maximum Gasteiger partial charge on any atom is 0.338 e. The molecule has 8 nitrogen and oxygen atoms in total. The first-order valence-electron chi connectivity index (χ1n) is 9.91. The molecular formula is C22H26N2O6S. The number of nitrogens with zero attached hydrogens (tertiary/aromatic N) is 1. The molecule has 0 spiro atoms. The van der Waals surface area contributed by atoms with Gasteiger partial charge in [-0.3, -0.25) is 9.10 Å². The van der Waals surface area contributed by atoms with E-state index in [4.69, 9.17) is 9.47 Å². The first-order valence-corrected chi connectivity index (χ1v) is 11.8. The van der Waals surface area contributed by atoms with Crippen LogP contribution < -0.4 is 14.4 Å². The molecule has 2 aromatic rings. The van der Waals surface area contributed by atoms with E-state index < -0.39 is 28.5 Å². The Morgan fingerprint density at radius 2 is 1.97 bits per heavy atom. The maximum atomic E-state index is 12.3. The van der Waals surface area contributed by atoms with Crippen molar-refractivity contribution in [2.24, 2.45) is 0 Å². The van der Waals surface area contributed by atoms with Gasteiger partial charge >= 0.3 is 5.97 Å². The predicted octanol–water partition coefficient (Wildman–Crippen LogP) is 2.06. The summed E-state index contributed by atoms with van der Waals surface area (Å²) in [6.45, 7) is 3.94. The van der Waals surface area contributed by atoms with E-state index in [9.17, 15) is 18.0 Å². The Hall–Kier alpha value is -3.07. The number of hydrogen-bond donors (Lipinski definition) is 1. The van der Waals surface area contributed by atoms with Crippen LogP contribution in [0.3, 0.4) is 0 Å². The number of aryl methyl sites for hydroxylation is 1. The minimum absolute atomic E-state index is 0.218. The topological polar surface area (TPSA) is 102 Å². The normalized spacial score (nSPS) is 15.3. The number of amides is 1. The van der Waals surface area contributed by atoms with Crippen molar-refractivity contribution >= 4 is 27.6 Å². The Morgan fingerprint density at radius 1 is 1.19 bits per heavy atom. The number of benzene rings is 2. The summed E-state index contributed by atoms with van der Waals surface area (Å²) in [6.07, 6.45) is 1.66. The van der Waals surface area contributed by atoms with E-state index in [1.807, 2.05) is 38.1 Å². The molecule has 31 heavy (non-hydrogen) atoms. The van der Waals surface area contributed by atoms with Crippen LogP contribution in [-0.2, 0) is 26.0 Å². The molecule has 0 bridgehead atoms. The van der Waals surface area contributed by atoms with Crippen LogP contribution >= 0.6 is 0 Å². The average Bonchev–Trinajstić information content (AvgIpc) is 3.04. The average molecular weight is 447 g/mol. The van der Waals surface area contributed by atoms with Crippen molar-refractivity contribution in [3.05, 3.63) is 59.2 Å². The Balaban J connectivity index is 1.46. The molecule has 1 aliphatic rings. The Morgan fingerprint density at radius 3 is 2.68 bits per heavy atom. The van der Waals surface area contributed by atoms with Gasteiger partial charge in [0.2, 0.25) is 10.0 Å². The minimum atomic E-state index is -3.40. The van der Waals surface area contributed by atoms with Gasteiger partial charge in [0.25, 0.3) is 5.91 Å². The summed E-state index contributed by atoms with van der Waals surface area (Å²) >= 11 is 0. The first-order chi connectivity index (χ1) is 14.6. The van der Waals surface area contributed by atoms with E-state index >= 15 is 0 Å². The number of anilines is 1. The lowest BCUT2D eigenvalue weighted by atomic mass is 10.1. The highest BCUT2D eigenvalue weighted by Crippen LogP contribution is 2.34. The second kappa shape index (κ2) is 9.38. The molecule has 1 unspecified atom stereocenters. The van der Waals surface area contributed by atoms with Crippen LogP contribution in [0, 0.1) is 6.92 Å². The number of ether oxygens (including phenoxy) is 2. The number of sulfonamides is 1. The Kier molecular flexibility index (Phi) is 6.84. The van der Waals surface area contributed by atoms with Crippen LogP contribution in [0.1, 0.15) is 28.4 Å². The molecule has 2 aromatic carbocycles. The summed E-state index contributed by atoms with van der Waals surface area (Å²) in [5.74, 6) is -0.348. The van der Waals surface area contributed by atoms with Gasteiger partial charge < -0.3 is 14.8 Å². The summed E-state index contributed by atoms with van der Waals surface area (Å²) < 4.78 is 36.0. The largest absolute Gasteiger partial charge is 0.492 e. The van der Waals surface area contributed by atoms with Crippen LogP contribution in [0.2, 0.25) is 0 Å². The predicted molar refractivity (Wildman–Crippen MR) is 117 cm³/mol. The van der Waals surface area contributed by atoms with Crippen molar-refractivity contribution in [1.29, 1.82) is 0 Å². The van der Waals surface area contributed by atoms with Gasteiger partial charge in [0.05, 0.1) is 24.1 Å². The van der Waals surface area contributed by atoms with Gasteiger partial charge in [-0.05, 0) is 61.7 Å². The van der Waals surface area contributed by atoms with Gasteiger partial charge in [0, 0.05) is 6.04 Å². The molecule has 0 aromatic heterocycles. The zero-order chi connectivity index (χ0) is 22.6. The second-order valence-corrected chi connectivity index (χ2v) is 9.41. The highest BCUT2D eigenvalue weighted by Gasteiger charge is 2.32. The molecule has 1 aliphatic heterocycles. The van der Waals surface area contributed by atoms with Gasteiger partial charge in [-0.2, -0.15) is 0 Å². The van der Waals surface area contributed by atoms with E-state index in [2.05, 4.69) is 5.32 Å². The third-order valence-electron chi connectivity index (χ3n) is 4.84. The zero-order valence-electron chi connectivity index (χ0n) is 17.8. The van der Waals surface area contributed by atoms with Crippen molar-refractivity contribution < 1.29 is 27.5 Å². The number of carbonyl (C=O) groups is 2. The number of rotatable bonds is 8. The third-order valence-corrected chi connectivity index (χ3v) is 6.11. The van der Waals surface area contributed by atoms with Gasteiger partial charge in [-0.1, -0.05) is 12.1 Å². The van der Waals surface area contributed by atoms with E-state index in [1.54, 1.807) is 12.1 Å². The molecule has 1 heterocycles. The van der Waals surface area contributed by atoms with Crippen LogP contribution in [0.25, 0.3) is 0 Å². The molecule has 0 radical (unpaired) electrons. The maximum absolute atomic E-state index is 12.3. The molecule has 9 heteroatoms. The smallest absolute Gasteiger partial charge is 0.338 e. The molecule has 1 N–H and O–H groups in total. The fourth-order valence-corrected chi connectivity index (χ4v) is 4.83. The third kappa shape index (κ3) is 5.75. The monoisotopic (exact) mass is 446 g/mol. The molecule has 0 saturated carbocycles. The molecule has 3 rings (SSSR count). The summed E-state index contributed by atoms with van der Waals surface area (Å²) in [5.41, 5.74) is 2.68. The number of hydrogen-bond acceptors (Lipinski definition) is 6. The number of carbonyl (C=O) groups excluding carboxylic acids is 2.